The molecule has 98 valence electrons. The van der Waals surface area contributed by atoms with Crippen molar-refractivity contribution in [3.63, 3.8) is 0 Å². The average molecular weight is 270 g/mol. The predicted octanol–water partition coefficient (Wildman–Crippen LogP) is -0.267. The van der Waals surface area contributed by atoms with E-state index in [1.165, 1.54) is 5.38 Å². The molecule has 8 heteroatoms. The van der Waals surface area contributed by atoms with Gasteiger partial charge in [0, 0.05) is 31.6 Å². The van der Waals surface area contributed by atoms with Gasteiger partial charge in [-0.2, -0.15) is 0 Å². The molecular weight excluding hydrogens is 256 g/mol. The van der Waals surface area contributed by atoms with E-state index in [4.69, 9.17) is 5.11 Å². The van der Waals surface area contributed by atoms with Crippen molar-refractivity contribution in [2.75, 3.05) is 33.2 Å². The Labute approximate surface area is 108 Å². The monoisotopic (exact) mass is 270 g/mol. The number of amides is 1. The summed E-state index contributed by atoms with van der Waals surface area (Å²) in [6.07, 6.45) is 0. The van der Waals surface area contributed by atoms with Crippen LogP contribution in [0, 0.1) is 0 Å². The fourth-order valence-corrected chi connectivity index (χ4v) is 2.23. The highest BCUT2D eigenvalue weighted by molar-refractivity contribution is 7.11. The molecule has 7 nitrogen and oxygen atoms in total. The standard InChI is InChI=1S/C10H14N4O3S/c1-13-2-4-14(5-3-13)12-8(15)7-6-18-9(11-7)10(16)17/h6H,2-5H2,1H3,(H,12,15)(H,16,17). The van der Waals surface area contributed by atoms with Crippen LogP contribution in [0.2, 0.25) is 0 Å². The van der Waals surface area contributed by atoms with Crippen LogP contribution in [-0.2, 0) is 0 Å². The van der Waals surface area contributed by atoms with Crippen LogP contribution in [0.5, 0.6) is 0 Å². The van der Waals surface area contributed by atoms with E-state index in [0.717, 1.165) is 37.5 Å². The van der Waals surface area contributed by atoms with Crippen molar-refractivity contribution in [3.8, 4) is 0 Å². The topological polar surface area (TPSA) is 85.8 Å². The maximum absolute atomic E-state index is 11.8. The molecule has 1 aliphatic heterocycles. The Morgan fingerprint density at radius 1 is 1.39 bits per heavy atom. The van der Waals surface area contributed by atoms with Gasteiger partial charge in [0.05, 0.1) is 0 Å². The molecule has 2 N–H and O–H groups in total. The lowest BCUT2D eigenvalue weighted by atomic mass is 10.4. The molecule has 0 aromatic carbocycles. The lowest BCUT2D eigenvalue weighted by Gasteiger charge is -2.32. The third-order valence-corrected chi connectivity index (χ3v) is 3.51. The van der Waals surface area contributed by atoms with Gasteiger partial charge in [-0.3, -0.25) is 10.2 Å². The molecule has 0 atom stereocenters. The average Bonchev–Trinajstić information content (AvgIpc) is 2.81. The second-order valence-electron chi connectivity index (χ2n) is 4.07. The van der Waals surface area contributed by atoms with E-state index >= 15 is 0 Å². The van der Waals surface area contributed by atoms with Gasteiger partial charge >= 0.3 is 5.97 Å². The third-order valence-electron chi connectivity index (χ3n) is 2.68. The normalized spacial score (nSPS) is 17.6. The minimum Gasteiger partial charge on any atom is -0.476 e. The van der Waals surface area contributed by atoms with E-state index in [2.05, 4.69) is 15.3 Å². The highest BCUT2D eigenvalue weighted by atomic mass is 32.1. The summed E-state index contributed by atoms with van der Waals surface area (Å²) in [5.41, 5.74) is 2.88. The number of carbonyl (C=O) groups excluding carboxylic acids is 1. The second kappa shape index (κ2) is 5.42. The Balaban J connectivity index is 1.93. The molecule has 0 bridgehead atoms. The highest BCUT2D eigenvalue weighted by Gasteiger charge is 2.19. The minimum atomic E-state index is -1.11. The van der Waals surface area contributed by atoms with Gasteiger partial charge in [0.1, 0.15) is 5.69 Å². The zero-order valence-corrected chi connectivity index (χ0v) is 10.7. The molecule has 0 spiro atoms. The van der Waals surface area contributed by atoms with Crippen LogP contribution >= 0.6 is 11.3 Å². The number of hydrogen-bond acceptors (Lipinski definition) is 6. The molecule has 2 rings (SSSR count). The zero-order valence-electron chi connectivity index (χ0n) is 9.92. The number of nitrogens with zero attached hydrogens (tertiary/aromatic N) is 3. The Morgan fingerprint density at radius 2 is 2.06 bits per heavy atom. The van der Waals surface area contributed by atoms with Crippen molar-refractivity contribution >= 4 is 23.2 Å². The Hall–Kier alpha value is -1.51. The van der Waals surface area contributed by atoms with Crippen LogP contribution in [0.15, 0.2) is 5.38 Å². The SMILES string of the molecule is CN1CCN(NC(=O)c2csc(C(=O)O)n2)CC1. The third kappa shape index (κ3) is 3.03. The zero-order chi connectivity index (χ0) is 13.1. The molecule has 2 heterocycles. The van der Waals surface area contributed by atoms with Crippen molar-refractivity contribution in [3.05, 3.63) is 16.1 Å². The summed E-state index contributed by atoms with van der Waals surface area (Å²) in [7, 11) is 2.03. The van der Waals surface area contributed by atoms with E-state index in [0.29, 0.717) is 0 Å². The fourth-order valence-electron chi connectivity index (χ4n) is 1.60. The van der Waals surface area contributed by atoms with Crippen LogP contribution < -0.4 is 5.43 Å². The van der Waals surface area contributed by atoms with Crippen LogP contribution in [0.3, 0.4) is 0 Å². The van der Waals surface area contributed by atoms with Gasteiger partial charge in [0.25, 0.3) is 5.91 Å². The number of rotatable bonds is 3. The summed E-state index contributed by atoms with van der Waals surface area (Å²) in [5.74, 6) is -1.47. The van der Waals surface area contributed by atoms with Crippen molar-refractivity contribution in [1.29, 1.82) is 0 Å². The number of carboxylic acid groups (broad SMARTS) is 1. The van der Waals surface area contributed by atoms with Crippen molar-refractivity contribution in [1.82, 2.24) is 20.3 Å². The maximum atomic E-state index is 11.8. The summed E-state index contributed by atoms with van der Waals surface area (Å²) < 4.78 is 0. The predicted molar refractivity (Wildman–Crippen MR) is 65.6 cm³/mol. The number of carbonyl (C=O) groups is 2. The summed E-state index contributed by atoms with van der Waals surface area (Å²) in [4.78, 5) is 28.4. The van der Waals surface area contributed by atoms with E-state index in [-0.39, 0.29) is 16.6 Å². The fraction of sp³-hybridized carbons (Fsp3) is 0.500. The Kier molecular flexibility index (Phi) is 3.90. The molecular formula is C10H14N4O3S. The van der Waals surface area contributed by atoms with Gasteiger partial charge in [-0.15, -0.1) is 11.3 Å². The quantitative estimate of drug-likeness (QED) is 0.786. The van der Waals surface area contributed by atoms with Crippen molar-refractivity contribution in [2.24, 2.45) is 0 Å². The minimum absolute atomic E-state index is 0.0708. The number of aromatic nitrogens is 1. The number of likely N-dealkylation sites (N-methyl/N-ethyl adjacent to an activating group) is 1. The number of nitrogens with one attached hydrogen (secondary N) is 1. The van der Waals surface area contributed by atoms with E-state index in [9.17, 15) is 9.59 Å². The molecule has 1 aliphatic rings. The summed E-state index contributed by atoms with van der Waals surface area (Å²) in [5, 5.41) is 11.9. The Morgan fingerprint density at radius 3 is 2.61 bits per heavy atom. The van der Waals surface area contributed by atoms with E-state index in [1.54, 1.807) is 0 Å². The largest absolute Gasteiger partial charge is 0.476 e. The van der Waals surface area contributed by atoms with Gasteiger partial charge in [0.2, 0.25) is 5.01 Å². The molecule has 18 heavy (non-hydrogen) atoms. The molecule has 0 radical (unpaired) electrons. The number of hydrazine groups is 1. The second-order valence-corrected chi connectivity index (χ2v) is 4.93. The first-order chi connectivity index (χ1) is 8.56. The van der Waals surface area contributed by atoms with Crippen LogP contribution in [-0.4, -0.2) is 65.1 Å². The summed E-state index contributed by atoms with van der Waals surface area (Å²) in [6.45, 7) is 3.27. The van der Waals surface area contributed by atoms with Crippen LogP contribution in [0.25, 0.3) is 0 Å². The molecule has 1 aromatic rings. The number of hydrogen-bond donors (Lipinski definition) is 2. The molecule has 1 amide bonds. The molecule has 1 fully saturated rings. The van der Waals surface area contributed by atoms with Gasteiger partial charge in [-0.25, -0.2) is 14.8 Å². The van der Waals surface area contributed by atoms with Gasteiger partial charge in [-0.1, -0.05) is 0 Å². The first-order valence-electron chi connectivity index (χ1n) is 5.49. The maximum Gasteiger partial charge on any atom is 0.365 e. The number of thiazole rings is 1. The van der Waals surface area contributed by atoms with E-state index < -0.39 is 5.97 Å². The molecule has 1 aromatic heterocycles. The first kappa shape index (κ1) is 12.9. The lowest BCUT2D eigenvalue weighted by molar-refractivity contribution is 0.0658. The van der Waals surface area contributed by atoms with Gasteiger partial charge in [0.15, 0.2) is 0 Å². The number of aromatic carboxylic acids is 1. The summed E-state index contributed by atoms with van der Waals surface area (Å²) in [6, 6.07) is 0. The lowest BCUT2D eigenvalue weighted by Crippen LogP contribution is -2.52. The van der Waals surface area contributed by atoms with E-state index in [1.807, 2.05) is 12.1 Å². The number of piperazine rings is 1. The summed E-state index contributed by atoms with van der Waals surface area (Å²) >= 11 is 0.950. The molecule has 0 aliphatic carbocycles. The smallest absolute Gasteiger partial charge is 0.365 e. The van der Waals surface area contributed by atoms with Gasteiger partial charge in [-0.05, 0) is 7.05 Å². The molecule has 1 saturated heterocycles. The van der Waals surface area contributed by atoms with Crippen molar-refractivity contribution < 1.29 is 14.7 Å². The Bertz CT molecular complexity index is 454. The van der Waals surface area contributed by atoms with Crippen LogP contribution in [0.4, 0.5) is 0 Å². The number of carboxylic acids is 1. The first-order valence-corrected chi connectivity index (χ1v) is 6.37. The van der Waals surface area contributed by atoms with Crippen LogP contribution in [0.1, 0.15) is 20.3 Å². The van der Waals surface area contributed by atoms with Gasteiger partial charge < -0.3 is 10.0 Å². The van der Waals surface area contributed by atoms with Crippen molar-refractivity contribution in [2.45, 2.75) is 0 Å². The molecule has 0 saturated carbocycles. The highest BCUT2D eigenvalue weighted by Crippen LogP contribution is 2.09. The molecule has 0 unspecified atom stereocenters.